The van der Waals surface area contributed by atoms with Crippen molar-refractivity contribution in [2.75, 3.05) is 13.6 Å². The van der Waals surface area contributed by atoms with Gasteiger partial charge in [0.15, 0.2) is 5.82 Å². The molecule has 1 saturated heterocycles. The molecule has 2 amide bonds. The fraction of sp³-hybridized carbons (Fsp3) is 0.600. The second kappa shape index (κ2) is 6.11. The first-order valence-electron chi connectivity index (χ1n) is 7.83. The summed E-state index contributed by atoms with van der Waals surface area (Å²) in [6.45, 7) is 4.48. The van der Waals surface area contributed by atoms with Crippen molar-refractivity contribution in [3.8, 4) is 11.4 Å². The summed E-state index contributed by atoms with van der Waals surface area (Å²) in [5.41, 5.74) is 0.817. The van der Waals surface area contributed by atoms with Gasteiger partial charge in [0.25, 0.3) is 0 Å². The Morgan fingerprint density at radius 1 is 1.48 bits per heavy atom. The number of rotatable bonds is 2. The summed E-state index contributed by atoms with van der Waals surface area (Å²) in [5, 5.41) is 17.8. The molecule has 8 heteroatoms. The number of hydrogen-bond donors (Lipinski definition) is 1. The van der Waals surface area contributed by atoms with Gasteiger partial charge in [-0.3, -0.25) is 0 Å². The number of fused-ring (bicyclic) bond motifs is 1. The summed E-state index contributed by atoms with van der Waals surface area (Å²) >= 11 is 0. The average Bonchev–Trinajstić information content (AvgIpc) is 3.00. The van der Waals surface area contributed by atoms with Crippen molar-refractivity contribution >= 4 is 6.03 Å². The lowest BCUT2D eigenvalue weighted by molar-refractivity contribution is 0.0209. The van der Waals surface area contributed by atoms with Gasteiger partial charge in [-0.15, -0.1) is 5.10 Å². The number of piperidine rings is 1. The molecule has 3 aliphatic rings. The van der Waals surface area contributed by atoms with E-state index in [1.54, 1.807) is 29.4 Å². The predicted octanol–water partition coefficient (Wildman–Crippen LogP) is 1.19. The predicted molar refractivity (Wildman–Crippen MR) is 83.7 cm³/mol. The first kappa shape index (κ1) is 15.7. The highest BCUT2D eigenvalue weighted by Gasteiger charge is 2.34. The molecule has 0 bridgehead atoms. The molecule has 2 atom stereocenters. The van der Waals surface area contributed by atoms with Crippen molar-refractivity contribution in [1.29, 1.82) is 0 Å². The van der Waals surface area contributed by atoms with E-state index < -0.39 is 6.10 Å². The molecule has 0 spiro atoms. The lowest BCUT2D eigenvalue weighted by Gasteiger charge is -2.41. The van der Waals surface area contributed by atoms with Crippen LogP contribution in [0.5, 0.6) is 0 Å². The third-order valence-electron chi connectivity index (χ3n) is 4.42. The summed E-state index contributed by atoms with van der Waals surface area (Å²) in [4.78, 5) is 20.5. The molecule has 1 N–H and O–H groups in total. The van der Waals surface area contributed by atoms with E-state index in [2.05, 4.69) is 15.2 Å². The fourth-order valence-corrected chi connectivity index (χ4v) is 2.79. The lowest BCUT2D eigenvalue weighted by atomic mass is 10.0. The molecular formula is C15H22N6O2. The van der Waals surface area contributed by atoms with Crippen LogP contribution < -0.4 is 0 Å². The molecule has 3 rings (SSSR count). The Kier molecular flexibility index (Phi) is 4.16. The molecule has 1 fully saturated rings. The third kappa shape index (κ3) is 2.98. The number of aliphatic hydroxyl groups excluding tert-OH is 1. The first-order chi connectivity index (χ1) is 11.0. The van der Waals surface area contributed by atoms with Gasteiger partial charge in [-0.2, -0.15) is 5.10 Å². The number of nitrogens with zero attached hydrogens (tertiary/aromatic N) is 6. The Balaban J connectivity index is 1.92. The molecule has 124 valence electrons. The number of amides is 2. The van der Waals surface area contributed by atoms with E-state index in [4.69, 9.17) is 0 Å². The Morgan fingerprint density at radius 2 is 2.26 bits per heavy atom. The van der Waals surface area contributed by atoms with Gasteiger partial charge in [0, 0.05) is 32.3 Å². The van der Waals surface area contributed by atoms with Gasteiger partial charge in [0.2, 0.25) is 0 Å². The van der Waals surface area contributed by atoms with Crippen LogP contribution in [0.25, 0.3) is 11.4 Å². The number of hydrogen-bond acceptors (Lipinski definition) is 5. The second-order valence-electron chi connectivity index (χ2n) is 6.28. The summed E-state index contributed by atoms with van der Waals surface area (Å²) in [6, 6.07) is 0.0762. The van der Waals surface area contributed by atoms with Gasteiger partial charge in [-0.25, -0.2) is 9.78 Å². The van der Waals surface area contributed by atoms with Gasteiger partial charge in [-0.05, 0) is 20.3 Å². The number of carbonyl (C=O) groups is 1. The maximum Gasteiger partial charge on any atom is 0.321 e. The van der Waals surface area contributed by atoms with Crippen molar-refractivity contribution < 1.29 is 9.90 Å². The monoisotopic (exact) mass is 318 g/mol. The second-order valence-corrected chi connectivity index (χ2v) is 6.28. The minimum Gasteiger partial charge on any atom is -0.393 e. The normalized spacial score (nSPS) is 21.9. The van der Waals surface area contributed by atoms with Crippen molar-refractivity contribution in [2.24, 2.45) is 0 Å². The molecule has 3 heterocycles. The van der Waals surface area contributed by atoms with E-state index in [1.165, 1.54) is 0 Å². The van der Waals surface area contributed by atoms with E-state index in [9.17, 15) is 9.90 Å². The zero-order valence-corrected chi connectivity index (χ0v) is 13.6. The van der Waals surface area contributed by atoms with E-state index in [0.29, 0.717) is 25.2 Å². The van der Waals surface area contributed by atoms with Crippen LogP contribution in [-0.4, -0.2) is 66.4 Å². The Labute approximate surface area is 135 Å². The summed E-state index contributed by atoms with van der Waals surface area (Å²) in [6.07, 6.45) is 5.55. The highest BCUT2D eigenvalue weighted by molar-refractivity contribution is 5.74. The molecule has 23 heavy (non-hydrogen) atoms. The van der Waals surface area contributed by atoms with Crippen LogP contribution in [0.4, 0.5) is 4.79 Å². The Bertz CT molecular complexity index is 657. The van der Waals surface area contributed by atoms with Gasteiger partial charge < -0.3 is 19.5 Å². The van der Waals surface area contributed by atoms with Crippen LogP contribution in [0.15, 0.2) is 18.7 Å². The van der Waals surface area contributed by atoms with Crippen molar-refractivity contribution in [3.05, 3.63) is 18.7 Å². The molecule has 0 aromatic carbocycles. The quantitative estimate of drug-likeness (QED) is 0.899. The van der Waals surface area contributed by atoms with Gasteiger partial charge in [0.1, 0.15) is 6.17 Å². The zero-order chi connectivity index (χ0) is 16.6. The number of urea groups is 1. The molecule has 2 unspecified atom stereocenters. The molecule has 3 aliphatic heterocycles. The van der Waals surface area contributed by atoms with Crippen LogP contribution in [0, 0.1) is 0 Å². The van der Waals surface area contributed by atoms with Crippen molar-refractivity contribution in [2.45, 2.75) is 45.0 Å². The Hall–Kier alpha value is -2.22. The van der Waals surface area contributed by atoms with Crippen molar-refractivity contribution in [3.63, 3.8) is 0 Å². The zero-order valence-electron chi connectivity index (χ0n) is 13.6. The molecule has 0 saturated carbocycles. The first-order valence-corrected chi connectivity index (χ1v) is 7.83. The van der Waals surface area contributed by atoms with Crippen LogP contribution in [0.1, 0.15) is 32.9 Å². The average molecular weight is 318 g/mol. The summed E-state index contributed by atoms with van der Waals surface area (Å²) in [7, 11) is 1.80. The molecule has 8 nitrogen and oxygen atoms in total. The maximum absolute atomic E-state index is 12.8. The number of aromatic nitrogens is 4. The molecular weight excluding hydrogens is 296 g/mol. The number of carbonyl (C=O) groups excluding carboxylic acids is 1. The van der Waals surface area contributed by atoms with Crippen LogP contribution in [0.2, 0.25) is 0 Å². The molecule has 0 aromatic heterocycles. The Morgan fingerprint density at radius 3 is 3.00 bits per heavy atom. The minimum absolute atomic E-state index is 0.0387. The topological polar surface area (TPSA) is 87.4 Å². The van der Waals surface area contributed by atoms with E-state index in [0.717, 1.165) is 5.56 Å². The van der Waals surface area contributed by atoms with E-state index >= 15 is 0 Å². The summed E-state index contributed by atoms with van der Waals surface area (Å²) < 4.78 is 1.86. The van der Waals surface area contributed by atoms with Crippen LogP contribution in [-0.2, 0) is 0 Å². The van der Waals surface area contributed by atoms with Crippen LogP contribution in [0.3, 0.4) is 0 Å². The highest BCUT2D eigenvalue weighted by atomic mass is 16.3. The van der Waals surface area contributed by atoms with E-state index in [1.807, 2.05) is 24.6 Å². The number of likely N-dealkylation sites (tertiary alicyclic amines) is 1. The maximum atomic E-state index is 12.8. The smallest absolute Gasteiger partial charge is 0.321 e. The van der Waals surface area contributed by atoms with Gasteiger partial charge >= 0.3 is 6.03 Å². The largest absolute Gasteiger partial charge is 0.393 e. The highest BCUT2D eigenvalue weighted by Crippen LogP contribution is 2.29. The SMILES string of the molecule is CC(C)N(C)C(=O)N1CCC(O)CC1n1cnc2nncc-2c1. The third-order valence-corrected chi connectivity index (χ3v) is 4.42. The van der Waals surface area contributed by atoms with E-state index in [-0.39, 0.29) is 18.2 Å². The molecule has 0 aliphatic carbocycles. The van der Waals surface area contributed by atoms with Gasteiger partial charge in [0.05, 0.1) is 24.2 Å². The number of aliphatic hydroxyl groups is 1. The van der Waals surface area contributed by atoms with Crippen LogP contribution >= 0.6 is 0 Å². The van der Waals surface area contributed by atoms with Crippen molar-refractivity contribution in [1.82, 2.24) is 29.5 Å². The molecule has 0 radical (unpaired) electrons. The summed E-state index contributed by atoms with van der Waals surface area (Å²) in [5.74, 6) is 0.579. The minimum atomic E-state index is -0.424. The fourth-order valence-electron chi connectivity index (χ4n) is 2.79. The standard InChI is InChI=1S/C15H22N6O2/c1-10(2)19(3)15(23)21-5-4-12(22)6-13(21)20-8-11-7-17-18-14(11)16-9-20/h7-10,12-13,22H,4-6H2,1-3H3. The lowest BCUT2D eigenvalue weighted by Crippen LogP contribution is -2.51. The van der Waals surface area contributed by atoms with Gasteiger partial charge in [-0.1, -0.05) is 0 Å². The molecule has 0 aromatic rings.